The molecule has 2 rings (SSSR count). The van der Waals surface area contributed by atoms with Crippen LogP contribution in [-0.2, 0) is 12.6 Å². The molecule has 1 aromatic heterocycles. The fourth-order valence-corrected chi connectivity index (χ4v) is 2.25. The number of alkyl halides is 3. The van der Waals surface area contributed by atoms with E-state index < -0.39 is 17.6 Å². The van der Waals surface area contributed by atoms with Crippen molar-refractivity contribution in [1.29, 1.82) is 0 Å². The Balaban J connectivity index is 1.88. The van der Waals surface area contributed by atoms with Crippen LogP contribution in [0, 0.1) is 0 Å². The van der Waals surface area contributed by atoms with E-state index >= 15 is 0 Å². The number of rotatable bonds is 4. The van der Waals surface area contributed by atoms with Gasteiger partial charge in [-0.3, -0.25) is 4.79 Å². The molecule has 112 valence electrons. The van der Waals surface area contributed by atoms with Crippen molar-refractivity contribution in [2.75, 3.05) is 12.3 Å². The molecule has 1 heterocycles. The van der Waals surface area contributed by atoms with Gasteiger partial charge in [-0.25, -0.2) is 4.98 Å². The van der Waals surface area contributed by atoms with Gasteiger partial charge in [0.1, 0.15) is 0 Å². The molecule has 0 radical (unpaired) electrons. The molecule has 1 amide bonds. The van der Waals surface area contributed by atoms with E-state index in [1.54, 1.807) is 5.38 Å². The van der Waals surface area contributed by atoms with Crippen molar-refractivity contribution in [3.8, 4) is 0 Å². The van der Waals surface area contributed by atoms with E-state index in [0.29, 0.717) is 18.1 Å². The number of hydrogen-bond acceptors (Lipinski definition) is 4. The molecule has 8 heteroatoms. The third kappa shape index (κ3) is 4.19. The second kappa shape index (κ2) is 6.13. The maximum absolute atomic E-state index is 12.4. The number of hydrogen-bond donors (Lipinski definition) is 2. The average molecular weight is 315 g/mol. The lowest BCUT2D eigenvalue weighted by molar-refractivity contribution is -0.137. The number of thiazole rings is 1. The Labute approximate surface area is 122 Å². The zero-order valence-electron chi connectivity index (χ0n) is 10.8. The summed E-state index contributed by atoms with van der Waals surface area (Å²) in [7, 11) is 0. The predicted molar refractivity (Wildman–Crippen MR) is 74.0 cm³/mol. The molecular weight excluding hydrogens is 303 g/mol. The van der Waals surface area contributed by atoms with E-state index in [1.165, 1.54) is 11.3 Å². The van der Waals surface area contributed by atoms with Gasteiger partial charge in [0.05, 0.1) is 11.3 Å². The summed E-state index contributed by atoms with van der Waals surface area (Å²) in [6, 6.07) is 4.07. The lowest BCUT2D eigenvalue weighted by atomic mass is 10.1. The Bertz CT molecular complexity index is 622. The minimum absolute atomic E-state index is 0.181. The van der Waals surface area contributed by atoms with Crippen molar-refractivity contribution in [3.63, 3.8) is 0 Å². The smallest absolute Gasteiger partial charge is 0.375 e. The molecule has 0 saturated heterocycles. The van der Waals surface area contributed by atoms with Crippen LogP contribution in [0.5, 0.6) is 0 Å². The number of nitrogens with one attached hydrogen (secondary N) is 1. The number of carbonyl (C=O) groups is 1. The van der Waals surface area contributed by atoms with E-state index in [2.05, 4.69) is 10.3 Å². The number of nitrogens with two attached hydrogens (primary N) is 1. The van der Waals surface area contributed by atoms with Gasteiger partial charge >= 0.3 is 6.18 Å². The zero-order valence-corrected chi connectivity index (χ0v) is 11.6. The standard InChI is InChI=1S/C13H12F3N3OS/c14-13(15,16)9-3-1-8(2-4-9)11(20)18-6-5-10-7-21-12(17)19-10/h1-4,7H,5-6H2,(H2,17,19)(H,18,20). The summed E-state index contributed by atoms with van der Waals surface area (Å²) in [6.07, 6.45) is -3.89. The van der Waals surface area contributed by atoms with Gasteiger partial charge in [-0.2, -0.15) is 13.2 Å². The SMILES string of the molecule is Nc1nc(CCNC(=O)c2ccc(C(F)(F)F)cc2)cs1. The molecule has 0 aliphatic carbocycles. The van der Waals surface area contributed by atoms with Crippen LogP contribution in [0.3, 0.4) is 0 Å². The monoisotopic (exact) mass is 315 g/mol. The van der Waals surface area contributed by atoms with Gasteiger partial charge in [0.25, 0.3) is 5.91 Å². The van der Waals surface area contributed by atoms with Crippen molar-refractivity contribution in [2.45, 2.75) is 12.6 Å². The predicted octanol–water partition coefficient (Wildman–Crippen LogP) is 2.72. The molecule has 0 aliphatic heterocycles. The second-order valence-corrected chi connectivity index (χ2v) is 5.15. The third-order valence-electron chi connectivity index (χ3n) is 2.71. The van der Waals surface area contributed by atoms with Gasteiger partial charge in [-0.05, 0) is 24.3 Å². The number of benzene rings is 1. The first-order valence-electron chi connectivity index (χ1n) is 6.01. The van der Waals surface area contributed by atoms with Crippen LogP contribution in [0.25, 0.3) is 0 Å². The summed E-state index contributed by atoms with van der Waals surface area (Å²) in [6.45, 7) is 0.336. The molecule has 0 atom stereocenters. The Morgan fingerprint density at radius 1 is 1.29 bits per heavy atom. The summed E-state index contributed by atoms with van der Waals surface area (Å²) in [4.78, 5) is 15.8. The van der Waals surface area contributed by atoms with Crippen molar-refractivity contribution < 1.29 is 18.0 Å². The van der Waals surface area contributed by atoms with Crippen LogP contribution in [0.4, 0.5) is 18.3 Å². The van der Waals surface area contributed by atoms with Crippen LogP contribution in [-0.4, -0.2) is 17.4 Å². The van der Waals surface area contributed by atoms with Crippen LogP contribution in [0.2, 0.25) is 0 Å². The van der Waals surface area contributed by atoms with Gasteiger partial charge in [0.2, 0.25) is 0 Å². The third-order valence-corrected chi connectivity index (χ3v) is 3.43. The van der Waals surface area contributed by atoms with Crippen LogP contribution in [0.15, 0.2) is 29.6 Å². The van der Waals surface area contributed by atoms with Gasteiger partial charge in [0.15, 0.2) is 5.13 Å². The quantitative estimate of drug-likeness (QED) is 0.911. The molecule has 2 aromatic rings. The van der Waals surface area contributed by atoms with E-state index in [0.717, 1.165) is 30.0 Å². The summed E-state index contributed by atoms with van der Waals surface area (Å²) >= 11 is 1.31. The minimum Gasteiger partial charge on any atom is -0.375 e. The summed E-state index contributed by atoms with van der Waals surface area (Å²) in [5.74, 6) is -0.424. The molecule has 0 saturated carbocycles. The van der Waals surface area contributed by atoms with Crippen molar-refractivity contribution in [2.24, 2.45) is 0 Å². The molecular formula is C13H12F3N3OS. The normalized spacial score (nSPS) is 11.4. The topological polar surface area (TPSA) is 68.0 Å². The summed E-state index contributed by atoms with van der Waals surface area (Å²) < 4.78 is 37.2. The van der Waals surface area contributed by atoms with E-state index in [4.69, 9.17) is 5.73 Å². The zero-order chi connectivity index (χ0) is 15.5. The van der Waals surface area contributed by atoms with Gasteiger partial charge in [0, 0.05) is 23.9 Å². The first kappa shape index (κ1) is 15.3. The maximum atomic E-state index is 12.4. The summed E-state index contributed by atoms with van der Waals surface area (Å²) in [5, 5.41) is 4.87. The highest BCUT2D eigenvalue weighted by molar-refractivity contribution is 7.13. The van der Waals surface area contributed by atoms with Crippen molar-refractivity contribution in [1.82, 2.24) is 10.3 Å². The molecule has 21 heavy (non-hydrogen) atoms. The first-order chi connectivity index (χ1) is 9.86. The minimum atomic E-state index is -4.40. The number of halogens is 3. The van der Waals surface area contributed by atoms with Crippen LogP contribution >= 0.6 is 11.3 Å². The highest BCUT2D eigenvalue weighted by Crippen LogP contribution is 2.29. The molecule has 0 aliphatic rings. The second-order valence-electron chi connectivity index (χ2n) is 4.26. The Hall–Kier alpha value is -2.09. The lowest BCUT2D eigenvalue weighted by Crippen LogP contribution is -2.25. The molecule has 3 N–H and O–H groups in total. The number of nitrogen functional groups attached to an aromatic ring is 1. The number of amides is 1. The Morgan fingerprint density at radius 2 is 1.95 bits per heavy atom. The highest BCUT2D eigenvalue weighted by atomic mass is 32.1. The number of nitrogens with zero attached hydrogens (tertiary/aromatic N) is 1. The first-order valence-corrected chi connectivity index (χ1v) is 6.89. The average Bonchev–Trinajstić information content (AvgIpc) is 2.83. The van der Waals surface area contributed by atoms with E-state index in [9.17, 15) is 18.0 Å². The Morgan fingerprint density at radius 3 is 2.48 bits per heavy atom. The van der Waals surface area contributed by atoms with Crippen LogP contribution < -0.4 is 11.1 Å². The maximum Gasteiger partial charge on any atom is 0.416 e. The summed E-state index contributed by atoms with van der Waals surface area (Å²) in [5.41, 5.74) is 5.65. The van der Waals surface area contributed by atoms with E-state index in [1.807, 2.05) is 0 Å². The largest absolute Gasteiger partial charge is 0.416 e. The molecule has 4 nitrogen and oxygen atoms in total. The number of anilines is 1. The van der Waals surface area contributed by atoms with Gasteiger partial charge in [-0.1, -0.05) is 0 Å². The molecule has 0 fully saturated rings. The number of carbonyl (C=O) groups excluding carboxylic acids is 1. The highest BCUT2D eigenvalue weighted by Gasteiger charge is 2.30. The number of aromatic nitrogens is 1. The Kier molecular flexibility index (Phi) is 4.46. The molecule has 1 aromatic carbocycles. The molecule has 0 spiro atoms. The van der Waals surface area contributed by atoms with Gasteiger partial charge < -0.3 is 11.1 Å². The lowest BCUT2D eigenvalue weighted by Gasteiger charge is -2.08. The van der Waals surface area contributed by atoms with Gasteiger partial charge in [-0.15, -0.1) is 11.3 Å². The fourth-order valence-electron chi connectivity index (χ4n) is 1.65. The molecule has 0 bridgehead atoms. The van der Waals surface area contributed by atoms with Crippen molar-refractivity contribution in [3.05, 3.63) is 46.5 Å². The molecule has 0 unspecified atom stereocenters. The van der Waals surface area contributed by atoms with E-state index in [-0.39, 0.29) is 5.56 Å². The van der Waals surface area contributed by atoms with Crippen molar-refractivity contribution >= 4 is 22.4 Å². The fraction of sp³-hybridized carbons (Fsp3) is 0.231. The van der Waals surface area contributed by atoms with Crippen LogP contribution in [0.1, 0.15) is 21.6 Å².